The molecular weight excluding hydrogens is 583 g/mol. The minimum atomic E-state index is -0.872. The molecule has 0 atom stereocenters. The first-order chi connectivity index (χ1) is 20.8. The van der Waals surface area contributed by atoms with E-state index in [1.807, 2.05) is 61.5 Å². The Morgan fingerprint density at radius 3 is 2.21 bits per heavy atom. The second-order valence-corrected chi connectivity index (χ2v) is 11.0. The van der Waals surface area contributed by atoms with Crippen molar-refractivity contribution in [3.63, 3.8) is 0 Å². The summed E-state index contributed by atoms with van der Waals surface area (Å²) in [6.45, 7) is 2.14. The zero-order valence-corrected chi connectivity index (χ0v) is 25.0. The maximum Gasteiger partial charge on any atom is 0.303 e. The highest BCUT2D eigenvalue weighted by Gasteiger charge is 2.19. The molecule has 0 bridgehead atoms. The van der Waals surface area contributed by atoms with Crippen LogP contribution in [0.25, 0.3) is 16.5 Å². The molecular formula is C35H30Cl2N2O4. The third-order valence-electron chi connectivity index (χ3n) is 7.11. The van der Waals surface area contributed by atoms with Crippen molar-refractivity contribution in [3.05, 3.63) is 136 Å². The highest BCUT2D eigenvalue weighted by Crippen LogP contribution is 2.33. The molecule has 0 spiro atoms. The van der Waals surface area contributed by atoms with Crippen LogP contribution in [-0.2, 0) is 9.59 Å². The number of carbonyl (C=O) groups excluding carboxylic acids is 1. The minimum Gasteiger partial charge on any atom is -0.491 e. The molecule has 0 saturated carbocycles. The zero-order valence-electron chi connectivity index (χ0n) is 23.5. The van der Waals surface area contributed by atoms with Gasteiger partial charge >= 0.3 is 5.97 Å². The Hall–Kier alpha value is -4.52. The normalized spacial score (nSPS) is 11.6. The number of amides is 1. The Morgan fingerprint density at radius 1 is 0.907 bits per heavy atom. The Kier molecular flexibility index (Phi) is 9.50. The quantitative estimate of drug-likeness (QED) is 0.115. The number of carbonyl (C=O) groups is 2. The van der Waals surface area contributed by atoms with E-state index in [1.54, 1.807) is 30.3 Å². The maximum atomic E-state index is 12.9. The topological polar surface area (TPSA) is 80.6 Å². The van der Waals surface area contributed by atoms with Crippen LogP contribution in [-0.4, -0.2) is 28.2 Å². The van der Waals surface area contributed by atoms with Gasteiger partial charge in [0.15, 0.2) is 0 Å². The number of aromatic nitrogens is 1. The van der Waals surface area contributed by atoms with E-state index in [1.165, 1.54) is 0 Å². The van der Waals surface area contributed by atoms with Gasteiger partial charge in [0.2, 0.25) is 5.91 Å². The number of anilines is 1. The smallest absolute Gasteiger partial charge is 0.303 e. The van der Waals surface area contributed by atoms with Crippen LogP contribution in [0.5, 0.6) is 5.75 Å². The van der Waals surface area contributed by atoms with Crippen molar-refractivity contribution in [2.75, 3.05) is 11.9 Å². The molecule has 5 rings (SSSR count). The van der Waals surface area contributed by atoms with E-state index in [2.05, 4.69) is 34.3 Å². The van der Waals surface area contributed by atoms with Crippen molar-refractivity contribution >= 4 is 57.2 Å². The summed E-state index contributed by atoms with van der Waals surface area (Å²) < 4.78 is 7.94. The molecule has 43 heavy (non-hydrogen) atoms. The van der Waals surface area contributed by atoms with Crippen LogP contribution in [0.3, 0.4) is 0 Å². The number of nitrogens with one attached hydrogen (secondary N) is 1. The van der Waals surface area contributed by atoms with Crippen LogP contribution >= 0.6 is 23.2 Å². The van der Waals surface area contributed by atoms with Gasteiger partial charge in [0, 0.05) is 39.6 Å². The Bertz CT molecular complexity index is 1730. The number of nitrogens with zero attached hydrogens (tertiary/aromatic N) is 1. The highest BCUT2D eigenvalue weighted by atomic mass is 35.5. The minimum absolute atomic E-state index is 0.0209. The molecule has 1 aromatic heterocycles. The van der Waals surface area contributed by atoms with E-state index in [-0.39, 0.29) is 25.0 Å². The zero-order chi connectivity index (χ0) is 30.3. The summed E-state index contributed by atoms with van der Waals surface area (Å²) in [7, 11) is 0. The molecule has 8 heteroatoms. The van der Waals surface area contributed by atoms with Crippen molar-refractivity contribution in [3.8, 4) is 5.75 Å². The lowest BCUT2D eigenvalue weighted by molar-refractivity contribution is -0.137. The molecule has 1 heterocycles. The summed E-state index contributed by atoms with van der Waals surface area (Å²) >= 11 is 12.4. The monoisotopic (exact) mass is 612 g/mol. The predicted octanol–water partition coefficient (Wildman–Crippen LogP) is 8.87. The Labute approximate surface area is 260 Å². The van der Waals surface area contributed by atoms with Crippen molar-refractivity contribution in [1.82, 2.24) is 4.57 Å². The first-order valence-electron chi connectivity index (χ1n) is 13.8. The molecule has 2 N–H and O–H groups in total. The molecule has 0 saturated heterocycles. The second kappa shape index (κ2) is 13.6. The van der Waals surface area contributed by atoms with Crippen LogP contribution in [0, 0.1) is 0 Å². The van der Waals surface area contributed by atoms with Crippen LogP contribution in [0.2, 0.25) is 10.0 Å². The van der Waals surface area contributed by atoms with Gasteiger partial charge in [0.1, 0.15) is 5.75 Å². The summed E-state index contributed by atoms with van der Waals surface area (Å²) in [5.41, 5.74) is 5.48. The van der Waals surface area contributed by atoms with E-state index in [0.29, 0.717) is 27.9 Å². The van der Waals surface area contributed by atoms with Gasteiger partial charge in [-0.15, -0.1) is 0 Å². The SMILES string of the molecule is CC(=CC(=O)Nc1ccccc1OCCCC(=O)O)c1ccc2c(ccn2C(c2ccc(Cl)cc2)c2ccc(Cl)cc2)c1. The first-order valence-corrected chi connectivity index (χ1v) is 14.6. The molecule has 0 unspecified atom stereocenters. The fourth-order valence-corrected chi connectivity index (χ4v) is 5.24. The number of carboxylic acids is 1. The highest BCUT2D eigenvalue weighted by molar-refractivity contribution is 6.30. The van der Waals surface area contributed by atoms with Gasteiger partial charge in [-0.3, -0.25) is 9.59 Å². The lowest BCUT2D eigenvalue weighted by Crippen LogP contribution is -2.11. The van der Waals surface area contributed by atoms with Gasteiger partial charge in [0.05, 0.1) is 18.3 Å². The number of benzene rings is 4. The van der Waals surface area contributed by atoms with Gasteiger partial charge in [0.25, 0.3) is 0 Å². The van der Waals surface area contributed by atoms with E-state index in [0.717, 1.165) is 33.2 Å². The molecule has 1 amide bonds. The fourth-order valence-electron chi connectivity index (χ4n) is 4.99. The third-order valence-corrected chi connectivity index (χ3v) is 7.61. The van der Waals surface area contributed by atoms with Gasteiger partial charge in [-0.05, 0) is 90.2 Å². The average Bonchev–Trinajstić information content (AvgIpc) is 3.41. The van der Waals surface area contributed by atoms with Crippen LogP contribution in [0.4, 0.5) is 5.69 Å². The third kappa shape index (κ3) is 7.47. The summed E-state index contributed by atoms with van der Waals surface area (Å²) in [5.74, 6) is -0.670. The number of fused-ring (bicyclic) bond motifs is 1. The van der Waals surface area contributed by atoms with Crippen molar-refractivity contribution in [2.45, 2.75) is 25.8 Å². The van der Waals surface area contributed by atoms with Crippen molar-refractivity contribution < 1.29 is 19.4 Å². The van der Waals surface area contributed by atoms with Crippen LogP contribution in [0.15, 0.2) is 109 Å². The number of para-hydroxylation sites is 2. The fraction of sp³-hybridized carbons (Fsp3) is 0.143. The molecule has 218 valence electrons. The molecule has 0 aliphatic heterocycles. The number of hydrogen-bond acceptors (Lipinski definition) is 3. The maximum absolute atomic E-state index is 12.9. The first kappa shape index (κ1) is 30.0. The number of halogens is 2. The Morgan fingerprint density at radius 2 is 1.56 bits per heavy atom. The number of rotatable bonds is 11. The summed E-state index contributed by atoms with van der Waals surface area (Å²) in [6, 6.07) is 31.0. The molecule has 0 radical (unpaired) electrons. The number of aliphatic carboxylic acids is 1. The molecule has 0 fully saturated rings. The van der Waals surface area contributed by atoms with Crippen LogP contribution < -0.4 is 10.1 Å². The van der Waals surface area contributed by atoms with Crippen molar-refractivity contribution in [2.24, 2.45) is 0 Å². The van der Waals surface area contributed by atoms with E-state index >= 15 is 0 Å². The van der Waals surface area contributed by atoms with Crippen molar-refractivity contribution in [1.29, 1.82) is 0 Å². The molecule has 0 aliphatic rings. The lowest BCUT2D eigenvalue weighted by atomic mass is 9.98. The predicted molar refractivity (Wildman–Crippen MR) is 173 cm³/mol. The molecule has 0 aliphatic carbocycles. The van der Waals surface area contributed by atoms with Gasteiger partial charge in [-0.2, -0.15) is 0 Å². The lowest BCUT2D eigenvalue weighted by Gasteiger charge is -2.22. The molecule has 5 aromatic rings. The van der Waals surface area contributed by atoms with Gasteiger partial charge < -0.3 is 19.7 Å². The number of allylic oxidation sites excluding steroid dienone is 1. The van der Waals surface area contributed by atoms with Gasteiger partial charge in [-0.1, -0.05) is 65.7 Å². The molecule has 6 nitrogen and oxygen atoms in total. The number of ether oxygens (including phenoxy) is 1. The van der Waals surface area contributed by atoms with Crippen LogP contribution in [0.1, 0.15) is 42.5 Å². The van der Waals surface area contributed by atoms with E-state index < -0.39 is 5.97 Å². The molecule has 4 aromatic carbocycles. The van der Waals surface area contributed by atoms with E-state index in [4.69, 9.17) is 33.0 Å². The summed E-state index contributed by atoms with van der Waals surface area (Å²) in [6.07, 6.45) is 4.03. The summed E-state index contributed by atoms with van der Waals surface area (Å²) in [5, 5.41) is 14.1. The Balaban J connectivity index is 1.37. The standard InChI is InChI=1S/C35H30Cl2N2O4/c1-23(21-33(40)38-30-5-2-3-6-32(30)43-20-4-7-34(41)42)26-12-17-31-27(22-26)18-19-39(31)35(24-8-13-28(36)14-9-24)25-10-15-29(37)16-11-25/h2-3,5-6,8-19,21-22,35H,4,7,20H2,1H3,(H,38,40)(H,41,42). The van der Waals surface area contributed by atoms with Gasteiger partial charge in [-0.25, -0.2) is 0 Å². The van der Waals surface area contributed by atoms with E-state index in [9.17, 15) is 9.59 Å². The summed E-state index contributed by atoms with van der Waals surface area (Å²) in [4.78, 5) is 23.7. The average molecular weight is 614 g/mol. The number of carboxylic acid groups (broad SMARTS) is 1. The second-order valence-electron chi connectivity index (χ2n) is 10.2. The number of hydrogen-bond donors (Lipinski definition) is 2. The largest absolute Gasteiger partial charge is 0.491 e.